The Bertz CT molecular complexity index is 1230. The van der Waals surface area contributed by atoms with Crippen molar-refractivity contribution in [1.29, 1.82) is 0 Å². The van der Waals surface area contributed by atoms with Crippen molar-refractivity contribution in [2.75, 3.05) is 6.61 Å². The van der Waals surface area contributed by atoms with Gasteiger partial charge >= 0.3 is 0 Å². The van der Waals surface area contributed by atoms with Gasteiger partial charge in [0.25, 0.3) is 0 Å². The Balaban J connectivity index is 1.28. The number of hydrogen-bond acceptors (Lipinski definition) is 3. The van der Waals surface area contributed by atoms with Crippen LogP contribution in [0.1, 0.15) is 83.5 Å². The Labute approximate surface area is 222 Å². The van der Waals surface area contributed by atoms with Crippen LogP contribution in [-0.2, 0) is 11.2 Å². The summed E-state index contributed by atoms with van der Waals surface area (Å²) in [7, 11) is 0. The number of imidazole rings is 1. The van der Waals surface area contributed by atoms with Crippen LogP contribution in [0.15, 0.2) is 36.4 Å². The number of benzene rings is 2. The van der Waals surface area contributed by atoms with Gasteiger partial charge in [0, 0.05) is 12.3 Å². The highest BCUT2D eigenvalue weighted by Gasteiger charge is 2.31. The summed E-state index contributed by atoms with van der Waals surface area (Å²) in [4.78, 5) is 21.4. The molecule has 4 heteroatoms. The fourth-order valence-electron chi connectivity index (χ4n) is 6.83. The zero-order chi connectivity index (χ0) is 25.9. The van der Waals surface area contributed by atoms with Gasteiger partial charge in [0.15, 0.2) is 0 Å². The number of nitrogens with zero attached hydrogens (tertiary/aromatic N) is 1. The lowest BCUT2D eigenvalue weighted by molar-refractivity contribution is -0.125. The average Bonchev–Trinajstić information content (AvgIpc) is 3.10. The minimum atomic E-state index is 0.186. The average molecular weight is 501 g/mol. The smallest absolute Gasteiger partial charge is 0.136 e. The Morgan fingerprint density at radius 2 is 1.89 bits per heavy atom. The number of rotatable bonds is 6. The van der Waals surface area contributed by atoms with E-state index in [0.717, 1.165) is 41.4 Å². The topological polar surface area (TPSA) is 55.0 Å². The number of H-pyrrole nitrogens is 1. The number of carbonyl (C=O) groups is 1. The Hall–Kier alpha value is -2.62. The highest BCUT2D eigenvalue weighted by atomic mass is 16.5. The number of nitrogens with one attached hydrogen (secondary N) is 1. The van der Waals surface area contributed by atoms with E-state index in [1.54, 1.807) is 0 Å². The molecule has 5 unspecified atom stereocenters. The van der Waals surface area contributed by atoms with Crippen molar-refractivity contribution in [3.05, 3.63) is 47.8 Å². The highest BCUT2D eigenvalue weighted by Crippen LogP contribution is 2.38. The second kappa shape index (κ2) is 11.4. The molecule has 1 aromatic heterocycles. The summed E-state index contributed by atoms with van der Waals surface area (Å²) in [6, 6.07) is 13.0. The largest absolute Gasteiger partial charge is 0.493 e. The monoisotopic (exact) mass is 500 g/mol. The van der Waals surface area contributed by atoms with Gasteiger partial charge in [-0.2, -0.15) is 0 Å². The molecular weight excluding hydrogens is 456 g/mol. The number of Topliss-reactive ketones (excluding diaryl/α,β-unsaturated/α-hetero) is 1. The normalized spacial score (nSPS) is 25.4. The van der Waals surface area contributed by atoms with E-state index in [-0.39, 0.29) is 5.92 Å². The van der Waals surface area contributed by atoms with Gasteiger partial charge in [0.1, 0.15) is 17.4 Å². The predicted molar refractivity (Wildman–Crippen MR) is 152 cm³/mol. The molecule has 1 aliphatic carbocycles. The molecule has 5 atom stereocenters. The molecule has 5 rings (SSSR count). The number of carbonyl (C=O) groups excluding carboxylic acids is 1. The van der Waals surface area contributed by atoms with Gasteiger partial charge in [-0.15, -0.1) is 0 Å². The highest BCUT2D eigenvalue weighted by molar-refractivity contribution is 5.82. The quantitative estimate of drug-likeness (QED) is 0.346. The van der Waals surface area contributed by atoms with Crippen LogP contribution in [0.3, 0.4) is 0 Å². The van der Waals surface area contributed by atoms with Crippen molar-refractivity contribution < 1.29 is 9.53 Å². The standard InChI is InChI=1S/C33H44N2O2/c1-5-24-8-6-7-9-26(17-24)22(3)32(36)20-25-14-15-37-33-13-11-27(18-29(33)16-21(25)2)28-10-12-30-31(19-28)35-23(4)34-30/h10-13,18-19,21-22,24-26H,5-9,14-17,20H2,1-4H3,(H,34,35). The summed E-state index contributed by atoms with van der Waals surface area (Å²) in [5.41, 5.74) is 5.70. The fourth-order valence-corrected chi connectivity index (χ4v) is 6.83. The Morgan fingerprint density at radius 1 is 1.11 bits per heavy atom. The number of aromatic nitrogens is 2. The third kappa shape index (κ3) is 5.94. The molecule has 37 heavy (non-hydrogen) atoms. The van der Waals surface area contributed by atoms with Crippen LogP contribution >= 0.6 is 0 Å². The van der Waals surface area contributed by atoms with Crippen molar-refractivity contribution in [2.45, 2.75) is 85.5 Å². The molecule has 0 amide bonds. The number of aromatic amines is 1. The number of ether oxygens (including phenoxy) is 1. The van der Waals surface area contributed by atoms with Crippen LogP contribution < -0.4 is 4.74 Å². The van der Waals surface area contributed by atoms with Crippen molar-refractivity contribution in [1.82, 2.24) is 9.97 Å². The molecule has 1 aliphatic heterocycles. The van der Waals surface area contributed by atoms with Crippen LogP contribution in [0.5, 0.6) is 5.75 Å². The second-order valence-corrected chi connectivity index (χ2v) is 12.0. The molecule has 3 aromatic rings. The number of fused-ring (bicyclic) bond motifs is 2. The molecule has 0 radical (unpaired) electrons. The van der Waals surface area contributed by atoms with E-state index in [0.29, 0.717) is 36.6 Å². The number of aryl methyl sites for hydroxylation is 1. The summed E-state index contributed by atoms with van der Waals surface area (Å²) in [5.74, 6) is 4.80. The maximum Gasteiger partial charge on any atom is 0.136 e. The maximum absolute atomic E-state index is 13.5. The van der Waals surface area contributed by atoms with E-state index >= 15 is 0 Å². The lowest BCUT2D eigenvalue weighted by Gasteiger charge is -2.30. The Morgan fingerprint density at radius 3 is 2.73 bits per heavy atom. The summed E-state index contributed by atoms with van der Waals surface area (Å²) < 4.78 is 6.25. The zero-order valence-electron chi connectivity index (χ0n) is 23.2. The lowest BCUT2D eigenvalue weighted by atomic mass is 9.76. The zero-order valence-corrected chi connectivity index (χ0v) is 23.2. The van der Waals surface area contributed by atoms with Crippen LogP contribution in [-0.4, -0.2) is 22.4 Å². The van der Waals surface area contributed by atoms with Crippen molar-refractivity contribution >= 4 is 16.8 Å². The summed E-state index contributed by atoms with van der Waals surface area (Å²) in [6.45, 7) is 9.54. The number of hydrogen-bond donors (Lipinski definition) is 1. The summed E-state index contributed by atoms with van der Waals surface area (Å²) >= 11 is 0. The van der Waals surface area contributed by atoms with Crippen LogP contribution in [0, 0.1) is 36.5 Å². The van der Waals surface area contributed by atoms with Gasteiger partial charge in [-0.3, -0.25) is 4.79 Å². The molecule has 198 valence electrons. The third-order valence-corrected chi connectivity index (χ3v) is 9.42. The van der Waals surface area contributed by atoms with E-state index in [4.69, 9.17) is 4.74 Å². The van der Waals surface area contributed by atoms with Crippen LogP contribution in [0.2, 0.25) is 0 Å². The second-order valence-electron chi connectivity index (χ2n) is 12.0. The first kappa shape index (κ1) is 26.0. The van der Waals surface area contributed by atoms with Gasteiger partial charge in [0.2, 0.25) is 0 Å². The third-order valence-electron chi connectivity index (χ3n) is 9.42. The van der Waals surface area contributed by atoms with Gasteiger partial charge in [0.05, 0.1) is 17.6 Å². The van der Waals surface area contributed by atoms with Gasteiger partial charge in [-0.25, -0.2) is 4.98 Å². The molecule has 0 bridgehead atoms. The number of ketones is 1. The van der Waals surface area contributed by atoms with E-state index < -0.39 is 0 Å². The van der Waals surface area contributed by atoms with Crippen molar-refractivity contribution in [3.8, 4) is 16.9 Å². The molecule has 2 aromatic carbocycles. The fraction of sp³-hybridized carbons (Fsp3) is 0.576. The van der Waals surface area contributed by atoms with E-state index in [2.05, 4.69) is 67.1 Å². The van der Waals surface area contributed by atoms with E-state index in [1.807, 2.05) is 6.92 Å². The SMILES string of the molecule is CCC1CCCCC(C(C)C(=O)CC2CCOc3ccc(-c4ccc5nc(C)[nH]c5c4)cc3CC2C)C1. The van der Waals surface area contributed by atoms with Gasteiger partial charge in [-0.05, 0) is 97.2 Å². The molecular formula is C33H44N2O2. The molecule has 2 heterocycles. The maximum atomic E-state index is 13.5. The van der Waals surface area contributed by atoms with E-state index in [9.17, 15) is 4.79 Å². The first-order chi connectivity index (χ1) is 17.9. The Kier molecular flexibility index (Phi) is 8.02. The minimum absolute atomic E-state index is 0.186. The van der Waals surface area contributed by atoms with Crippen molar-refractivity contribution in [3.63, 3.8) is 0 Å². The lowest BCUT2D eigenvalue weighted by Crippen LogP contribution is -2.28. The first-order valence-corrected chi connectivity index (χ1v) is 14.7. The van der Waals surface area contributed by atoms with Crippen LogP contribution in [0.4, 0.5) is 0 Å². The molecule has 1 N–H and O–H groups in total. The van der Waals surface area contributed by atoms with Crippen molar-refractivity contribution in [2.24, 2.45) is 29.6 Å². The predicted octanol–water partition coefficient (Wildman–Crippen LogP) is 8.32. The molecule has 0 spiro atoms. The first-order valence-electron chi connectivity index (χ1n) is 14.7. The molecule has 0 saturated heterocycles. The molecule has 1 fully saturated rings. The summed E-state index contributed by atoms with van der Waals surface area (Å²) in [6.07, 6.45) is 10.3. The molecule has 1 saturated carbocycles. The molecule has 4 nitrogen and oxygen atoms in total. The molecule has 2 aliphatic rings. The minimum Gasteiger partial charge on any atom is -0.493 e. The summed E-state index contributed by atoms with van der Waals surface area (Å²) in [5, 5.41) is 0. The van der Waals surface area contributed by atoms with Crippen LogP contribution in [0.25, 0.3) is 22.2 Å². The van der Waals surface area contributed by atoms with E-state index in [1.165, 1.54) is 55.2 Å². The van der Waals surface area contributed by atoms with Gasteiger partial charge < -0.3 is 9.72 Å². The van der Waals surface area contributed by atoms with Gasteiger partial charge in [-0.1, -0.05) is 58.6 Å².